The summed E-state index contributed by atoms with van der Waals surface area (Å²) in [4.78, 5) is 28.7. The van der Waals surface area contributed by atoms with Crippen LogP contribution in [0.5, 0.6) is 0 Å². The first-order valence-electron chi connectivity index (χ1n) is 8.97. The van der Waals surface area contributed by atoms with Gasteiger partial charge in [-0.15, -0.1) is 0 Å². The number of carbonyl (C=O) groups is 2. The van der Waals surface area contributed by atoms with Gasteiger partial charge in [0.1, 0.15) is 0 Å². The topological polar surface area (TPSA) is 52.7 Å². The Bertz CT molecular complexity index is 781. The Morgan fingerprint density at radius 1 is 0.923 bits per heavy atom. The van der Waals surface area contributed by atoms with Crippen molar-refractivity contribution >= 4 is 17.5 Å². The summed E-state index contributed by atoms with van der Waals surface area (Å²) in [6.07, 6.45) is 0. The minimum absolute atomic E-state index is 0.0175. The first kappa shape index (κ1) is 18.1. The zero-order chi connectivity index (χ0) is 18.5. The van der Waals surface area contributed by atoms with E-state index in [4.69, 9.17) is 0 Å². The molecule has 0 bridgehead atoms. The molecule has 3 rings (SSSR count). The van der Waals surface area contributed by atoms with E-state index < -0.39 is 0 Å². The highest BCUT2D eigenvalue weighted by molar-refractivity contribution is 5.94. The smallest absolute Gasteiger partial charge is 0.253 e. The lowest BCUT2D eigenvalue weighted by Crippen LogP contribution is -2.50. The Hall–Kier alpha value is -2.66. The van der Waals surface area contributed by atoms with E-state index in [9.17, 15) is 9.59 Å². The van der Waals surface area contributed by atoms with Crippen molar-refractivity contribution in [2.24, 2.45) is 0 Å². The predicted octanol–water partition coefficient (Wildman–Crippen LogP) is 2.70. The van der Waals surface area contributed by atoms with E-state index in [0.717, 1.165) is 11.3 Å². The molecule has 1 fully saturated rings. The molecule has 26 heavy (non-hydrogen) atoms. The molecule has 2 aromatic carbocycles. The molecular weight excluding hydrogens is 326 g/mol. The number of benzene rings is 2. The third kappa shape index (κ3) is 4.49. The van der Waals surface area contributed by atoms with Gasteiger partial charge >= 0.3 is 0 Å². The zero-order valence-corrected chi connectivity index (χ0v) is 15.4. The van der Waals surface area contributed by atoms with Crippen LogP contribution in [0.25, 0.3) is 0 Å². The Labute approximate surface area is 154 Å². The van der Waals surface area contributed by atoms with E-state index in [1.165, 1.54) is 5.56 Å². The molecule has 2 amide bonds. The maximum Gasteiger partial charge on any atom is 0.253 e. The van der Waals surface area contributed by atoms with Crippen LogP contribution in [-0.2, 0) is 4.79 Å². The van der Waals surface area contributed by atoms with Crippen molar-refractivity contribution in [1.82, 2.24) is 9.80 Å². The van der Waals surface area contributed by atoms with Gasteiger partial charge < -0.3 is 10.2 Å². The fourth-order valence-corrected chi connectivity index (χ4v) is 3.10. The van der Waals surface area contributed by atoms with Gasteiger partial charge in [-0.25, -0.2) is 0 Å². The number of anilines is 1. The second kappa shape index (κ2) is 8.15. The van der Waals surface area contributed by atoms with Crippen molar-refractivity contribution < 1.29 is 9.59 Å². The molecule has 0 saturated carbocycles. The molecule has 1 N–H and O–H groups in total. The third-order valence-electron chi connectivity index (χ3n) is 4.84. The molecule has 0 aromatic heterocycles. The van der Waals surface area contributed by atoms with E-state index in [1.807, 2.05) is 60.4 Å². The third-order valence-corrected chi connectivity index (χ3v) is 4.84. The molecule has 1 saturated heterocycles. The standard InChI is InChI=1S/C21H25N3O2/c1-16-8-9-19(14-17(16)2)22-20(25)15-23-10-12-24(13-11-23)21(26)18-6-4-3-5-7-18/h3-9,14H,10-13,15H2,1-2H3,(H,22,25). The molecule has 136 valence electrons. The molecule has 0 radical (unpaired) electrons. The average Bonchev–Trinajstić information content (AvgIpc) is 2.65. The average molecular weight is 351 g/mol. The second-order valence-electron chi connectivity index (χ2n) is 6.78. The van der Waals surface area contributed by atoms with E-state index in [-0.39, 0.29) is 11.8 Å². The highest BCUT2D eigenvalue weighted by atomic mass is 16.2. The van der Waals surface area contributed by atoms with Crippen LogP contribution in [-0.4, -0.2) is 54.3 Å². The fraction of sp³-hybridized carbons (Fsp3) is 0.333. The molecule has 0 spiro atoms. The maximum absolute atomic E-state index is 12.5. The normalized spacial score (nSPS) is 14.9. The lowest BCUT2D eigenvalue weighted by molar-refractivity contribution is -0.117. The van der Waals surface area contributed by atoms with Crippen LogP contribution in [0.4, 0.5) is 5.69 Å². The molecule has 1 heterocycles. The summed E-state index contributed by atoms with van der Waals surface area (Å²) in [5.41, 5.74) is 3.92. The quantitative estimate of drug-likeness (QED) is 0.921. The molecule has 5 nitrogen and oxygen atoms in total. The lowest BCUT2D eigenvalue weighted by atomic mass is 10.1. The largest absolute Gasteiger partial charge is 0.336 e. The highest BCUT2D eigenvalue weighted by Gasteiger charge is 2.23. The lowest BCUT2D eigenvalue weighted by Gasteiger charge is -2.34. The monoisotopic (exact) mass is 351 g/mol. The van der Waals surface area contributed by atoms with Crippen LogP contribution in [0.2, 0.25) is 0 Å². The number of nitrogens with one attached hydrogen (secondary N) is 1. The summed E-state index contributed by atoms with van der Waals surface area (Å²) < 4.78 is 0. The Kier molecular flexibility index (Phi) is 5.68. The summed E-state index contributed by atoms with van der Waals surface area (Å²) in [5, 5.41) is 2.96. The molecule has 5 heteroatoms. The first-order chi connectivity index (χ1) is 12.5. The summed E-state index contributed by atoms with van der Waals surface area (Å²) in [6, 6.07) is 15.3. The van der Waals surface area contributed by atoms with Crippen LogP contribution in [0.3, 0.4) is 0 Å². The Balaban J connectivity index is 1.48. The number of aryl methyl sites for hydroxylation is 2. The Morgan fingerprint density at radius 2 is 1.62 bits per heavy atom. The fourth-order valence-electron chi connectivity index (χ4n) is 3.10. The molecule has 0 aliphatic carbocycles. The molecular formula is C21H25N3O2. The number of piperazine rings is 1. The van der Waals surface area contributed by atoms with Crippen molar-refractivity contribution in [1.29, 1.82) is 0 Å². The van der Waals surface area contributed by atoms with Gasteiger partial charge in [0.15, 0.2) is 0 Å². The summed E-state index contributed by atoms with van der Waals surface area (Å²) >= 11 is 0. The van der Waals surface area contributed by atoms with Crippen molar-refractivity contribution in [2.75, 3.05) is 38.0 Å². The van der Waals surface area contributed by atoms with E-state index >= 15 is 0 Å². The Morgan fingerprint density at radius 3 is 2.27 bits per heavy atom. The molecule has 1 aliphatic heterocycles. The van der Waals surface area contributed by atoms with Crippen LogP contribution < -0.4 is 5.32 Å². The van der Waals surface area contributed by atoms with Crippen molar-refractivity contribution in [3.05, 3.63) is 65.2 Å². The molecule has 0 atom stereocenters. The number of hydrogen-bond donors (Lipinski definition) is 1. The van der Waals surface area contributed by atoms with Crippen LogP contribution in [0, 0.1) is 13.8 Å². The van der Waals surface area contributed by atoms with Crippen LogP contribution in [0.15, 0.2) is 48.5 Å². The van der Waals surface area contributed by atoms with Gasteiger partial charge in [-0.3, -0.25) is 14.5 Å². The summed E-state index contributed by atoms with van der Waals surface area (Å²) in [5.74, 6) is 0.0425. The van der Waals surface area contributed by atoms with Crippen molar-refractivity contribution in [3.8, 4) is 0 Å². The van der Waals surface area contributed by atoms with Gasteiger partial charge in [0.2, 0.25) is 5.91 Å². The second-order valence-corrected chi connectivity index (χ2v) is 6.78. The van der Waals surface area contributed by atoms with Crippen molar-refractivity contribution in [2.45, 2.75) is 13.8 Å². The number of carbonyl (C=O) groups excluding carboxylic acids is 2. The van der Waals surface area contributed by atoms with Gasteiger partial charge in [-0.2, -0.15) is 0 Å². The van der Waals surface area contributed by atoms with E-state index in [1.54, 1.807) is 0 Å². The number of hydrogen-bond acceptors (Lipinski definition) is 3. The van der Waals surface area contributed by atoms with Gasteiger partial charge in [-0.1, -0.05) is 24.3 Å². The minimum Gasteiger partial charge on any atom is -0.336 e. The van der Waals surface area contributed by atoms with Crippen molar-refractivity contribution in [3.63, 3.8) is 0 Å². The van der Waals surface area contributed by atoms with Crippen LogP contribution >= 0.6 is 0 Å². The van der Waals surface area contributed by atoms with Crippen LogP contribution in [0.1, 0.15) is 21.5 Å². The van der Waals surface area contributed by atoms with Gasteiger partial charge in [0.25, 0.3) is 5.91 Å². The molecule has 1 aliphatic rings. The maximum atomic E-state index is 12.5. The summed E-state index contributed by atoms with van der Waals surface area (Å²) in [6.45, 7) is 7.14. The first-order valence-corrected chi connectivity index (χ1v) is 8.97. The highest BCUT2D eigenvalue weighted by Crippen LogP contribution is 2.14. The number of nitrogens with zero attached hydrogens (tertiary/aromatic N) is 2. The summed E-state index contributed by atoms with van der Waals surface area (Å²) in [7, 11) is 0. The predicted molar refractivity (Wildman–Crippen MR) is 103 cm³/mol. The number of rotatable bonds is 4. The van der Waals surface area contributed by atoms with E-state index in [0.29, 0.717) is 38.3 Å². The SMILES string of the molecule is Cc1ccc(NC(=O)CN2CCN(C(=O)c3ccccc3)CC2)cc1C. The van der Waals surface area contributed by atoms with Gasteiger partial charge in [0, 0.05) is 37.4 Å². The number of amides is 2. The minimum atomic E-state index is -0.0175. The molecule has 2 aromatic rings. The van der Waals surface area contributed by atoms with Gasteiger partial charge in [-0.05, 0) is 49.2 Å². The zero-order valence-electron chi connectivity index (χ0n) is 15.4. The molecule has 0 unspecified atom stereocenters. The van der Waals surface area contributed by atoms with E-state index in [2.05, 4.69) is 17.1 Å². The van der Waals surface area contributed by atoms with Gasteiger partial charge in [0.05, 0.1) is 6.54 Å².